The summed E-state index contributed by atoms with van der Waals surface area (Å²) < 4.78 is 0. The van der Waals surface area contributed by atoms with E-state index < -0.39 is 0 Å². The Morgan fingerprint density at radius 3 is 2.59 bits per heavy atom. The standard InChI is InChI=1S/C13H23N3O/c1-8(2)16-12(17)15-11(14)13(16)6-5-9(3)10(4)7-13/h8-10H,5-7H2,1-4H3,(H2,14,15,17). The summed E-state index contributed by atoms with van der Waals surface area (Å²) in [5, 5.41) is 0. The molecule has 2 aliphatic rings. The number of amidine groups is 1. The van der Waals surface area contributed by atoms with Gasteiger partial charge in [0.25, 0.3) is 0 Å². The minimum Gasteiger partial charge on any atom is -0.385 e. The molecule has 0 bridgehead atoms. The van der Waals surface area contributed by atoms with Crippen molar-refractivity contribution in [3.63, 3.8) is 0 Å². The molecule has 2 amide bonds. The van der Waals surface area contributed by atoms with Crippen LogP contribution < -0.4 is 5.73 Å². The van der Waals surface area contributed by atoms with Crippen LogP contribution in [-0.2, 0) is 0 Å². The van der Waals surface area contributed by atoms with Crippen LogP contribution in [0.25, 0.3) is 0 Å². The van der Waals surface area contributed by atoms with Crippen molar-refractivity contribution < 1.29 is 4.79 Å². The van der Waals surface area contributed by atoms with Gasteiger partial charge in [-0.3, -0.25) is 0 Å². The summed E-state index contributed by atoms with van der Waals surface area (Å²) in [6.07, 6.45) is 3.03. The summed E-state index contributed by atoms with van der Waals surface area (Å²) in [5.41, 5.74) is 5.76. The summed E-state index contributed by atoms with van der Waals surface area (Å²) in [5.74, 6) is 1.83. The Morgan fingerprint density at radius 1 is 1.41 bits per heavy atom. The molecule has 0 saturated heterocycles. The minimum absolute atomic E-state index is 0.153. The summed E-state index contributed by atoms with van der Waals surface area (Å²) >= 11 is 0. The van der Waals surface area contributed by atoms with Crippen molar-refractivity contribution in [2.45, 2.75) is 58.5 Å². The van der Waals surface area contributed by atoms with Gasteiger partial charge < -0.3 is 10.6 Å². The Balaban J connectivity index is 2.34. The van der Waals surface area contributed by atoms with Crippen molar-refractivity contribution in [3.05, 3.63) is 0 Å². The van der Waals surface area contributed by atoms with Crippen molar-refractivity contribution >= 4 is 11.9 Å². The highest BCUT2D eigenvalue weighted by Crippen LogP contribution is 2.43. The first-order valence-corrected chi connectivity index (χ1v) is 6.56. The number of carbonyl (C=O) groups excluding carboxylic acids is 1. The molecule has 2 N–H and O–H groups in total. The van der Waals surface area contributed by atoms with Crippen molar-refractivity contribution in [1.82, 2.24) is 4.90 Å². The van der Waals surface area contributed by atoms with Crippen LogP contribution in [0.4, 0.5) is 4.79 Å². The quantitative estimate of drug-likeness (QED) is 0.761. The zero-order valence-electron chi connectivity index (χ0n) is 11.2. The maximum Gasteiger partial charge on any atom is 0.346 e. The summed E-state index contributed by atoms with van der Waals surface area (Å²) in [6.45, 7) is 8.61. The molecule has 0 aromatic carbocycles. The Kier molecular flexibility index (Phi) is 2.92. The molecule has 1 fully saturated rings. The second kappa shape index (κ2) is 4.00. The van der Waals surface area contributed by atoms with Crippen molar-refractivity contribution in [2.24, 2.45) is 22.6 Å². The van der Waals surface area contributed by atoms with Crippen LogP contribution in [0.1, 0.15) is 47.0 Å². The lowest BCUT2D eigenvalue weighted by Gasteiger charge is -2.46. The van der Waals surface area contributed by atoms with E-state index in [0.717, 1.165) is 19.3 Å². The average molecular weight is 237 g/mol. The molecular formula is C13H23N3O. The second-order valence-electron chi connectivity index (χ2n) is 5.97. The molecule has 17 heavy (non-hydrogen) atoms. The molecule has 1 aliphatic carbocycles. The predicted molar refractivity (Wildman–Crippen MR) is 68.9 cm³/mol. The zero-order chi connectivity index (χ0) is 12.8. The predicted octanol–water partition coefficient (Wildman–Crippen LogP) is 2.38. The van der Waals surface area contributed by atoms with Gasteiger partial charge in [-0.05, 0) is 44.9 Å². The molecule has 0 radical (unpaired) electrons. The van der Waals surface area contributed by atoms with Gasteiger partial charge in [-0.15, -0.1) is 0 Å². The highest BCUT2D eigenvalue weighted by atomic mass is 16.2. The van der Waals surface area contributed by atoms with Crippen LogP contribution in [0.15, 0.2) is 4.99 Å². The number of nitrogens with zero attached hydrogens (tertiary/aromatic N) is 2. The fourth-order valence-corrected chi connectivity index (χ4v) is 3.32. The first-order chi connectivity index (χ1) is 7.88. The molecule has 1 saturated carbocycles. The molecule has 0 aromatic heterocycles. The van der Waals surface area contributed by atoms with E-state index in [1.54, 1.807) is 0 Å². The third-order valence-corrected chi connectivity index (χ3v) is 4.52. The molecular weight excluding hydrogens is 214 g/mol. The van der Waals surface area contributed by atoms with E-state index in [1.807, 2.05) is 18.7 Å². The number of carbonyl (C=O) groups is 1. The zero-order valence-corrected chi connectivity index (χ0v) is 11.2. The summed E-state index contributed by atoms with van der Waals surface area (Å²) in [4.78, 5) is 17.8. The van der Waals surface area contributed by atoms with Crippen LogP contribution in [0, 0.1) is 11.8 Å². The number of aliphatic imine (C=N–C) groups is 1. The number of rotatable bonds is 1. The molecule has 4 heteroatoms. The lowest BCUT2D eigenvalue weighted by Crippen LogP contribution is -2.59. The Labute approximate surface area is 103 Å². The van der Waals surface area contributed by atoms with E-state index in [1.165, 1.54) is 0 Å². The lowest BCUT2D eigenvalue weighted by atomic mass is 9.70. The van der Waals surface area contributed by atoms with E-state index >= 15 is 0 Å². The van der Waals surface area contributed by atoms with E-state index in [4.69, 9.17) is 5.73 Å². The number of amides is 2. The van der Waals surface area contributed by atoms with E-state index in [9.17, 15) is 4.79 Å². The van der Waals surface area contributed by atoms with E-state index in [0.29, 0.717) is 17.7 Å². The number of hydrogen-bond acceptors (Lipinski definition) is 2. The smallest absolute Gasteiger partial charge is 0.346 e. The van der Waals surface area contributed by atoms with Gasteiger partial charge in [0, 0.05) is 6.04 Å². The number of nitrogens with two attached hydrogens (primary N) is 1. The Bertz CT molecular complexity index is 364. The minimum atomic E-state index is -0.294. The average Bonchev–Trinajstić information content (AvgIpc) is 2.45. The number of hydrogen-bond donors (Lipinski definition) is 1. The van der Waals surface area contributed by atoms with Crippen LogP contribution >= 0.6 is 0 Å². The Morgan fingerprint density at radius 2 is 2.06 bits per heavy atom. The molecule has 1 aliphatic heterocycles. The summed E-state index contributed by atoms with van der Waals surface area (Å²) in [7, 11) is 0. The van der Waals surface area contributed by atoms with Gasteiger partial charge in [0.15, 0.2) is 0 Å². The maximum absolute atomic E-state index is 11.9. The molecule has 3 atom stereocenters. The highest BCUT2D eigenvalue weighted by molar-refractivity contribution is 6.06. The third-order valence-electron chi connectivity index (χ3n) is 4.52. The van der Waals surface area contributed by atoms with Gasteiger partial charge in [0.2, 0.25) is 0 Å². The van der Waals surface area contributed by atoms with Crippen LogP contribution in [0.3, 0.4) is 0 Å². The molecule has 4 nitrogen and oxygen atoms in total. The third kappa shape index (κ3) is 1.74. The molecule has 1 spiro atoms. The summed E-state index contributed by atoms with van der Waals surface area (Å²) in [6, 6.07) is 0.00663. The van der Waals surface area contributed by atoms with Gasteiger partial charge in [-0.1, -0.05) is 13.8 Å². The van der Waals surface area contributed by atoms with Crippen molar-refractivity contribution in [2.75, 3.05) is 0 Å². The van der Waals surface area contributed by atoms with Gasteiger partial charge in [0.1, 0.15) is 11.4 Å². The highest BCUT2D eigenvalue weighted by Gasteiger charge is 2.52. The van der Waals surface area contributed by atoms with Crippen LogP contribution in [0.5, 0.6) is 0 Å². The lowest BCUT2D eigenvalue weighted by molar-refractivity contribution is 0.0819. The second-order valence-corrected chi connectivity index (χ2v) is 5.97. The first-order valence-electron chi connectivity index (χ1n) is 6.56. The molecule has 2 rings (SSSR count). The van der Waals surface area contributed by atoms with Gasteiger partial charge in [-0.2, -0.15) is 4.99 Å². The van der Waals surface area contributed by atoms with Gasteiger partial charge in [0.05, 0.1) is 0 Å². The van der Waals surface area contributed by atoms with E-state index in [-0.39, 0.29) is 17.6 Å². The normalized spacial score (nSPS) is 38.1. The topological polar surface area (TPSA) is 58.7 Å². The van der Waals surface area contributed by atoms with Gasteiger partial charge in [-0.25, -0.2) is 4.79 Å². The fraction of sp³-hybridized carbons (Fsp3) is 0.846. The molecule has 3 unspecified atom stereocenters. The van der Waals surface area contributed by atoms with Crippen molar-refractivity contribution in [1.29, 1.82) is 0 Å². The van der Waals surface area contributed by atoms with E-state index in [2.05, 4.69) is 18.8 Å². The van der Waals surface area contributed by atoms with Crippen LogP contribution in [0.2, 0.25) is 0 Å². The van der Waals surface area contributed by atoms with Gasteiger partial charge >= 0.3 is 6.03 Å². The maximum atomic E-state index is 11.9. The largest absolute Gasteiger partial charge is 0.385 e. The van der Waals surface area contributed by atoms with Crippen molar-refractivity contribution in [3.8, 4) is 0 Å². The van der Waals surface area contributed by atoms with Crippen LogP contribution in [-0.4, -0.2) is 28.3 Å². The fourth-order valence-electron chi connectivity index (χ4n) is 3.32. The first kappa shape index (κ1) is 12.4. The number of urea groups is 1. The SMILES string of the molecule is CC1CCC2(CC1C)C(N)=NC(=O)N2C(C)C. The Hall–Kier alpha value is -1.06. The monoisotopic (exact) mass is 237 g/mol. The molecule has 0 aromatic rings. The molecule has 96 valence electrons. The molecule has 1 heterocycles.